The van der Waals surface area contributed by atoms with Crippen molar-refractivity contribution in [1.82, 2.24) is 10.1 Å². The average molecular weight is 278 g/mol. The first-order valence-corrected chi connectivity index (χ1v) is 5.95. The van der Waals surface area contributed by atoms with Gasteiger partial charge in [0.1, 0.15) is 0 Å². The SMILES string of the molecule is CCOC(=O)c1cc(O)c(OC)cc1-c1noc(C)n1. The molecule has 0 amide bonds. The summed E-state index contributed by atoms with van der Waals surface area (Å²) in [6.07, 6.45) is 0. The van der Waals surface area contributed by atoms with Crippen LogP contribution < -0.4 is 4.74 Å². The highest BCUT2D eigenvalue weighted by Gasteiger charge is 2.21. The van der Waals surface area contributed by atoms with Gasteiger partial charge in [-0.05, 0) is 19.1 Å². The van der Waals surface area contributed by atoms with E-state index < -0.39 is 5.97 Å². The van der Waals surface area contributed by atoms with E-state index in [-0.39, 0.29) is 29.5 Å². The Kier molecular flexibility index (Phi) is 3.88. The molecule has 7 nitrogen and oxygen atoms in total. The second kappa shape index (κ2) is 5.60. The summed E-state index contributed by atoms with van der Waals surface area (Å²) in [5, 5.41) is 13.6. The Morgan fingerprint density at radius 2 is 2.20 bits per heavy atom. The summed E-state index contributed by atoms with van der Waals surface area (Å²) >= 11 is 0. The molecule has 0 aliphatic rings. The zero-order valence-electron chi connectivity index (χ0n) is 11.3. The molecule has 0 aliphatic heterocycles. The summed E-state index contributed by atoms with van der Waals surface area (Å²) in [6, 6.07) is 2.73. The highest BCUT2D eigenvalue weighted by atomic mass is 16.5. The number of hydrogen-bond donors (Lipinski definition) is 1. The van der Waals surface area contributed by atoms with Crippen LogP contribution in [-0.2, 0) is 4.74 Å². The maximum Gasteiger partial charge on any atom is 0.339 e. The minimum atomic E-state index is -0.581. The summed E-state index contributed by atoms with van der Waals surface area (Å²) in [5.74, 6) is 0.0450. The summed E-state index contributed by atoms with van der Waals surface area (Å²) in [7, 11) is 1.41. The van der Waals surface area contributed by atoms with E-state index in [4.69, 9.17) is 14.0 Å². The van der Waals surface area contributed by atoms with Crippen molar-refractivity contribution < 1.29 is 23.9 Å². The van der Waals surface area contributed by atoms with E-state index in [1.54, 1.807) is 13.8 Å². The van der Waals surface area contributed by atoms with Crippen molar-refractivity contribution in [3.05, 3.63) is 23.6 Å². The van der Waals surface area contributed by atoms with Gasteiger partial charge in [-0.2, -0.15) is 4.98 Å². The van der Waals surface area contributed by atoms with Gasteiger partial charge in [0.2, 0.25) is 11.7 Å². The molecular weight excluding hydrogens is 264 g/mol. The van der Waals surface area contributed by atoms with Crippen LogP contribution in [0.1, 0.15) is 23.2 Å². The van der Waals surface area contributed by atoms with Crippen LogP contribution in [0.2, 0.25) is 0 Å². The number of esters is 1. The van der Waals surface area contributed by atoms with Gasteiger partial charge in [0.15, 0.2) is 11.5 Å². The van der Waals surface area contributed by atoms with E-state index in [1.165, 1.54) is 19.2 Å². The lowest BCUT2D eigenvalue weighted by Gasteiger charge is -2.10. The van der Waals surface area contributed by atoms with E-state index in [9.17, 15) is 9.90 Å². The van der Waals surface area contributed by atoms with Crippen LogP contribution in [0, 0.1) is 6.92 Å². The van der Waals surface area contributed by atoms with Crippen molar-refractivity contribution in [1.29, 1.82) is 0 Å². The highest BCUT2D eigenvalue weighted by Crippen LogP contribution is 2.34. The number of carbonyl (C=O) groups is 1. The molecule has 0 spiro atoms. The molecule has 20 heavy (non-hydrogen) atoms. The molecule has 0 aliphatic carbocycles. The molecule has 7 heteroatoms. The first-order chi connectivity index (χ1) is 9.56. The van der Waals surface area contributed by atoms with Crippen molar-refractivity contribution in [3.8, 4) is 22.9 Å². The number of aromatic hydroxyl groups is 1. The molecule has 0 unspecified atom stereocenters. The number of methoxy groups -OCH3 is 1. The maximum atomic E-state index is 11.9. The first kappa shape index (κ1) is 13.9. The Hall–Kier alpha value is -2.57. The number of rotatable bonds is 4. The molecule has 0 saturated carbocycles. The van der Waals surface area contributed by atoms with Gasteiger partial charge < -0.3 is 19.1 Å². The Bertz CT molecular complexity index is 636. The minimum absolute atomic E-state index is 0.144. The fourth-order valence-electron chi connectivity index (χ4n) is 1.70. The van der Waals surface area contributed by atoms with E-state index in [1.807, 2.05) is 0 Å². The average Bonchev–Trinajstić information content (AvgIpc) is 2.85. The number of aryl methyl sites for hydroxylation is 1. The largest absolute Gasteiger partial charge is 0.504 e. The molecule has 0 bridgehead atoms. The van der Waals surface area contributed by atoms with Gasteiger partial charge in [-0.15, -0.1) is 0 Å². The molecule has 106 valence electrons. The summed E-state index contributed by atoms with van der Waals surface area (Å²) in [6.45, 7) is 3.55. The zero-order valence-corrected chi connectivity index (χ0v) is 11.3. The molecule has 2 rings (SSSR count). The third-order valence-corrected chi connectivity index (χ3v) is 2.58. The van der Waals surface area contributed by atoms with Crippen LogP contribution >= 0.6 is 0 Å². The van der Waals surface area contributed by atoms with E-state index >= 15 is 0 Å². The molecule has 0 fully saturated rings. The van der Waals surface area contributed by atoms with Crippen molar-refractivity contribution in [2.45, 2.75) is 13.8 Å². The van der Waals surface area contributed by atoms with Gasteiger partial charge in [-0.3, -0.25) is 0 Å². The zero-order chi connectivity index (χ0) is 14.7. The topological polar surface area (TPSA) is 94.7 Å². The van der Waals surface area contributed by atoms with Crippen LogP contribution in [0.3, 0.4) is 0 Å². The van der Waals surface area contributed by atoms with Crippen LogP contribution in [0.15, 0.2) is 16.7 Å². The van der Waals surface area contributed by atoms with E-state index in [0.717, 1.165) is 0 Å². The second-order valence-corrected chi connectivity index (χ2v) is 3.93. The first-order valence-electron chi connectivity index (χ1n) is 5.95. The van der Waals surface area contributed by atoms with E-state index in [0.29, 0.717) is 11.5 Å². The fourth-order valence-corrected chi connectivity index (χ4v) is 1.70. The minimum Gasteiger partial charge on any atom is -0.504 e. The summed E-state index contributed by atoms with van der Waals surface area (Å²) in [5.41, 5.74) is 0.515. The molecule has 0 atom stereocenters. The standard InChI is InChI=1S/C13H14N2O5/c1-4-19-13(17)9-5-10(16)11(18-3)6-8(9)12-14-7(2)20-15-12/h5-6,16H,4H2,1-3H3. The van der Waals surface area contributed by atoms with Gasteiger partial charge in [-0.25, -0.2) is 4.79 Å². The summed E-state index contributed by atoms with van der Waals surface area (Å²) in [4.78, 5) is 16.0. The number of carbonyl (C=O) groups excluding carboxylic acids is 1. The fraction of sp³-hybridized carbons (Fsp3) is 0.308. The van der Waals surface area contributed by atoms with Gasteiger partial charge in [-0.1, -0.05) is 5.16 Å². The molecule has 2 aromatic rings. The lowest BCUT2D eigenvalue weighted by atomic mass is 10.1. The molecule has 0 radical (unpaired) electrons. The highest BCUT2D eigenvalue weighted by molar-refractivity contribution is 5.97. The van der Waals surface area contributed by atoms with Crippen molar-refractivity contribution in [3.63, 3.8) is 0 Å². The number of nitrogens with zero attached hydrogens (tertiary/aromatic N) is 2. The van der Waals surface area contributed by atoms with Gasteiger partial charge >= 0.3 is 5.97 Å². The number of ether oxygens (including phenoxy) is 2. The third kappa shape index (κ3) is 2.56. The lowest BCUT2D eigenvalue weighted by Crippen LogP contribution is -2.07. The molecule has 1 aromatic heterocycles. The molecule has 0 saturated heterocycles. The predicted octanol–water partition coefficient (Wildman–Crippen LogP) is 1.94. The molecule has 1 aromatic carbocycles. The summed E-state index contributed by atoms with van der Waals surface area (Å²) < 4.78 is 14.9. The lowest BCUT2D eigenvalue weighted by molar-refractivity contribution is 0.0526. The quantitative estimate of drug-likeness (QED) is 0.854. The molecule has 1 heterocycles. The van der Waals surface area contributed by atoms with Crippen molar-refractivity contribution in [2.75, 3.05) is 13.7 Å². The third-order valence-electron chi connectivity index (χ3n) is 2.58. The Morgan fingerprint density at radius 3 is 2.75 bits per heavy atom. The number of phenolic OH excluding ortho intramolecular Hbond substituents is 1. The van der Waals surface area contributed by atoms with Crippen LogP contribution in [0.4, 0.5) is 0 Å². The maximum absolute atomic E-state index is 11.9. The van der Waals surface area contributed by atoms with Crippen molar-refractivity contribution >= 4 is 5.97 Å². The Morgan fingerprint density at radius 1 is 1.45 bits per heavy atom. The normalized spacial score (nSPS) is 10.3. The number of aromatic nitrogens is 2. The van der Waals surface area contributed by atoms with Gasteiger partial charge in [0, 0.05) is 12.5 Å². The van der Waals surface area contributed by atoms with E-state index in [2.05, 4.69) is 10.1 Å². The van der Waals surface area contributed by atoms with Crippen LogP contribution in [0.5, 0.6) is 11.5 Å². The van der Waals surface area contributed by atoms with Crippen LogP contribution in [-0.4, -0.2) is 34.9 Å². The Labute approximate surface area is 115 Å². The predicted molar refractivity (Wildman–Crippen MR) is 68.6 cm³/mol. The molecular formula is C13H14N2O5. The smallest absolute Gasteiger partial charge is 0.339 e. The van der Waals surface area contributed by atoms with Crippen LogP contribution in [0.25, 0.3) is 11.4 Å². The number of hydrogen-bond acceptors (Lipinski definition) is 7. The number of benzene rings is 1. The van der Waals surface area contributed by atoms with Crippen molar-refractivity contribution in [2.24, 2.45) is 0 Å². The Balaban J connectivity index is 2.59. The molecule has 1 N–H and O–H groups in total. The number of phenols is 1. The monoisotopic (exact) mass is 278 g/mol. The second-order valence-electron chi connectivity index (χ2n) is 3.93. The van der Waals surface area contributed by atoms with Gasteiger partial charge in [0.05, 0.1) is 19.3 Å². The van der Waals surface area contributed by atoms with Gasteiger partial charge in [0.25, 0.3) is 0 Å².